The average molecular weight is 585 g/mol. The van der Waals surface area contributed by atoms with Crippen molar-refractivity contribution in [2.24, 2.45) is 0 Å². The van der Waals surface area contributed by atoms with Crippen LogP contribution in [0.15, 0.2) is 24.3 Å². The third-order valence-corrected chi connectivity index (χ3v) is 7.64. The van der Waals surface area contributed by atoms with E-state index in [1.54, 1.807) is 0 Å². The molecule has 0 fully saturated rings. The Kier molecular flexibility index (Phi) is 21.5. The summed E-state index contributed by atoms with van der Waals surface area (Å²) in [4.78, 5) is 21.6. The number of rotatable bonds is 26. The largest absolute Gasteiger partial charge is 0.489 e. The quantitative estimate of drug-likeness (QED) is 0.0515. The number of carbonyl (C=O) groups is 1. The molecule has 0 heterocycles. The minimum Gasteiger partial charge on any atom is -0.489 e. The van der Waals surface area contributed by atoms with Crippen molar-refractivity contribution in [2.45, 2.75) is 116 Å². The van der Waals surface area contributed by atoms with Gasteiger partial charge in [0.05, 0.1) is 27.7 Å². The lowest BCUT2D eigenvalue weighted by atomic mass is 10.0. The van der Waals surface area contributed by atoms with Crippen LogP contribution in [0.25, 0.3) is 0 Å². The van der Waals surface area contributed by atoms with Gasteiger partial charge >= 0.3 is 14.6 Å². The van der Waals surface area contributed by atoms with Crippen molar-refractivity contribution < 1.29 is 32.7 Å². The molecule has 1 aromatic rings. The topological polar surface area (TPSA) is 74.2 Å². The first kappa shape index (κ1) is 36.8. The number of hydrogen-bond donors (Lipinski definition) is 1. The Morgan fingerprint density at radius 1 is 0.825 bits per heavy atom. The van der Waals surface area contributed by atoms with E-state index in [1.807, 2.05) is 18.2 Å². The molecule has 40 heavy (non-hydrogen) atoms. The third kappa shape index (κ3) is 21.5. The van der Waals surface area contributed by atoms with Crippen LogP contribution in [0.2, 0.25) is 0 Å². The molecule has 0 aliphatic rings. The monoisotopic (exact) mass is 584 g/mol. The molecule has 1 N–H and O–H groups in total. The highest BCUT2D eigenvalue weighted by molar-refractivity contribution is 7.40. The summed E-state index contributed by atoms with van der Waals surface area (Å²) in [5, 5.41) is 0. The molecule has 8 heteroatoms. The Balaban J connectivity index is 2.27. The van der Waals surface area contributed by atoms with Crippen molar-refractivity contribution in [1.82, 2.24) is 0 Å². The number of likely N-dealkylation sites (N-methyl/N-ethyl adjacent to an activating group) is 1. The van der Waals surface area contributed by atoms with Gasteiger partial charge in [-0.3, -0.25) is 4.79 Å². The molecule has 0 radical (unpaired) electrons. The van der Waals surface area contributed by atoms with Crippen molar-refractivity contribution in [3.8, 4) is 5.75 Å². The number of quaternary nitrogens is 1. The van der Waals surface area contributed by atoms with Crippen LogP contribution in [-0.2, 0) is 25.0 Å². The van der Waals surface area contributed by atoms with Gasteiger partial charge in [0, 0.05) is 6.92 Å². The molecule has 0 spiro atoms. The molecule has 1 aromatic carbocycles. The second-order valence-corrected chi connectivity index (χ2v) is 12.9. The highest BCUT2D eigenvalue weighted by atomic mass is 31.2. The van der Waals surface area contributed by atoms with E-state index in [0.29, 0.717) is 6.61 Å². The smallest absolute Gasteiger partial charge is 0.330 e. The second kappa shape index (κ2) is 23.3. The lowest BCUT2D eigenvalue weighted by Crippen LogP contribution is -2.37. The molecule has 0 saturated heterocycles. The van der Waals surface area contributed by atoms with Crippen LogP contribution in [0.5, 0.6) is 5.75 Å². The summed E-state index contributed by atoms with van der Waals surface area (Å²) in [5.41, 5.74) is 1.16. The average Bonchev–Trinajstić information content (AvgIpc) is 2.90. The van der Waals surface area contributed by atoms with Crippen molar-refractivity contribution in [1.29, 1.82) is 0 Å². The molecule has 0 bridgehead atoms. The number of ether oxygens (including phenoxy) is 2. The number of esters is 1. The van der Waals surface area contributed by atoms with Crippen LogP contribution in [0.1, 0.15) is 109 Å². The zero-order valence-electron chi connectivity index (χ0n) is 26.2. The predicted octanol–water partition coefficient (Wildman–Crippen LogP) is 7.98. The van der Waals surface area contributed by atoms with Gasteiger partial charge in [-0.05, 0) is 24.5 Å². The molecule has 0 amide bonds. The van der Waals surface area contributed by atoms with Crippen LogP contribution in [0.4, 0.5) is 0 Å². The van der Waals surface area contributed by atoms with E-state index in [-0.39, 0.29) is 13.2 Å². The van der Waals surface area contributed by atoms with E-state index in [2.05, 4.69) is 34.1 Å². The summed E-state index contributed by atoms with van der Waals surface area (Å²) in [5.74, 6) is 0.390. The summed E-state index contributed by atoms with van der Waals surface area (Å²) >= 11 is 0. The summed E-state index contributed by atoms with van der Waals surface area (Å²) in [7, 11) is 4.11. The number of para-hydroxylation sites is 1. The number of unbranched alkanes of at least 4 members (excludes halogenated alkanes) is 13. The Hall–Kier alpha value is -1.24. The summed E-state index contributed by atoms with van der Waals surface area (Å²) in [6.45, 7) is 4.92. The molecule has 2 unspecified atom stereocenters. The zero-order chi connectivity index (χ0) is 29.5. The maximum atomic E-state index is 11.6. The predicted molar refractivity (Wildman–Crippen MR) is 165 cm³/mol. The Bertz CT molecular complexity index is 757. The van der Waals surface area contributed by atoms with Crippen molar-refractivity contribution in [3.63, 3.8) is 0 Å². The standard InChI is InChI=1S/C32H59NO6P/c1-6-7-8-9-10-11-12-13-14-15-16-17-18-19-22-30-23-20-21-24-32(30)36-27-31(39-29(2)34)28-38-40(35)37-26-25-33(3,4)5/h20-21,23-24,31,35H,6-19,22,25-28H2,1-5H3/q+1. The highest BCUT2D eigenvalue weighted by Crippen LogP contribution is 2.33. The number of aryl methyl sites for hydroxylation is 1. The van der Waals surface area contributed by atoms with Gasteiger partial charge in [0.2, 0.25) is 0 Å². The Morgan fingerprint density at radius 2 is 1.38 bits per heavy atom. The molecule has 232 valence electrons. The van der Waals surface area contributed by atoms with Gasteiger partial charge in [-0.2, -0.15) is 0 Å². The Labute approximate surface area is 246 Å². The lowest BCUT2D eigenvalue weighted by Gasteiger charge is -2.24. The van der Waals surface area contributed by atoms with Gasteiger partial charge in [0.1, 0.15) is 25.5 Å². The SMILES string of the molecule is CCCCCCCCCCCCCCCCc1ccccc1OCC(COP(O)OCC[N+](C)(C)C)OC(C)=O. The number of hydrogen-bond acceptors (Lipinski definition) is 6. The summed E-state index contributed by atoms with van der Waals surface area (Å²) in [6, 6.07) is 8.04. The fourth-order valence-electron chi connectivity index (χ4n) is 4.47. The number of benzene rings is 1. The van der Waals surface area contributed by atoms with Gasteiger partial charge in [-0.1, -0.05) is 109 Å². The second-order valence-electron chi connectivity index (χ2n) is 11.9. The van der Waals surface area contributed by atoms with Gasteiger partial charge in [0.25, 0.3) is 0 Å². The molecule has 2 atom stereocenters. The van der Waals surface area contributed by atoms with E-state index >= 15 is 0 Å². The lowest BCUT2D eigenvalue weighted by molar-refractivity contribution is -0.870. The minimum atomic E-state index is -2.04. The van der Waals surface area contributed by atoms with Crippen molar-refractivity contribution >= 4 is 14.6 Å². The maximum absolute atomic E-state index is 11.6. The normalized spacial score (nSPS) is 13.2. The van der Waals surface area contributed by atoms with E-state index in [0.717, 1.165) is 35.2 Å². The fraction of sp³-hybridized carbons (Fsp3) is 0.781. The highest BCUT2D eigenvalue weighted by Gasteiger charge is 2.19. The maximum Gasteiger partial charge on any atom is 0.330 e. The van der Waals surface area contributed by atoms with E-state index in [4.69, 9.17) is 18.5 Å². The summed E-state index contributed by atoms with van der Waals surface area (Å²) < 4.78 is 22.9. The van der Waals surface area contributed by atoms with Crippen LogP contribution < -0.4 is 4.74 Å². The molecule has 0 aliphatic carbocycles. The minimum absolute atomic E-state index is 0.00723. The van der Waals surface area contributed by atoms with Gasteiger partial charge in [-0.25, -0.2) is 0 Å². The van der Waals surface area contributed by atoms with Gasteiger partial charge in [0.15, 0.2) is 6.10 Å². The first-order valence-corrected chi connectivity index (χ1v) is 16.8. The molecule has 0 aromatic heterocycles. The zero-order valence-corrected chi connectivity index (χ0v) is 27.1. The van der Waals surface area contributed by atoms with Gasteiger partial charge in [-0.15, -0.1) is 0 Å². The fourth-order valence-corrected chi connectivity index (χ4v) is 5.08. The first-order chi connectivity index (χ1) is 19.2. The van der Waals surface area contributed by atoms with E-state index < -0.39 is 20.7 Å². The first-order valence-electron chi connectivity index (χ1n) is 15.6. The van der Waals surface area contributed by atoms with Crippen LogP contribution in [0, 0.1) is 0 Å². The number of carbonyl (C=O) groups excluding carboxylic acids is 1. The summed E-state index contributed by atoms with van der Waals surface area (Å²) in [6.07, 6.45) is 19.2. The number of nitrogens with zero attached hydrogens (tertiary/aromatic N) is 1. The van der Waals surface area contributed by atoms with Crippen LogP contribution in [-0.4, -0.2) is 69.0 Å². The van der Waals surface area contributed by atoms with Crippen molar-refractivity contribution in [2.75, 3.05) is 47.5 Å². The molecule has 7 nitrogen and oxygen atoms in total. The molecular weight excluding hydrogens is 525 g/mol. The van der Waals surface area contributed by atoms with E-state index in [1.165, 1.54) is 90.4 Å². The molecule has 1 rings (SSSR count). The van der Waals surface area contributed by atoms with Crippen LogP contribution in [0.3, 0.4) is 0 Å². The van der Waals surface area contributed by atoms with Gasteiger partial charge < -0.3 is 27.9 Å². The third-order valence-electron chi connectivity index (χ3n) is 6.86. The van der Waals surface area contributed by atoms with Crippen LogP contribution >= 0.6 is 8.60 Å². The van der Waals surface area contributed by atoms with Crippen molar-refractivity contribution in [3.05, 3.63) is 29.8 Å². The van der Waals surface area contributed by atoms with E-state index in [9.17, 15) is 9.69 Å². The Morgan fingerprint density at radius 3 is 1.93 bits per heavy atom. The molecule has 0 aliphatic heterocycles. The molecule has 0 saturated carbocycles. The molecular formula is C32H59NO6P+.